The minimum absolute atomic E-state index is 0. The SMILES string of the molecule is Cc1ccc([C@H](C)Oc2ccc(C)c3nc(-c4sc5ccccc5c4C)cc(C(=O)O)c23)cc1.[Na]. The van der Waals surface area contributed by atoms with Crippen LogP contribution >= 0.6 is 11.3 Å². The van der Waals surface area contributed by atoms with Gasteiger partial charge >= 0.3 is 5.97 Å². The molecule has 3 aromatic carbocycles. The summed E-state index contributed by atoms with van der Waals surface area (Å²) in [5, 5.41) is 11.9. The monoisotopic (exact) mass is 490 g/mol. The minimum Gasteiger partial charge on any atom is -0.485 e. The molecule has 0 saturated carbocycles. The normalized spacial score (nSPS) is 11.9. The number of carbonyl (C=O) groups is 1. The van der Waals surface area contributed by atoms with Gasteiger partial charge in [0.15, 0.2) is 0 Å². The molecule has 171 valence electrons. The molecule has 0 bridgehead atoms. The van der Waals surface area contributed by atoms with Gasteiger partial charge in [0.05, 0.1) is 27.0 Å². The number of aryl methyl sites for hydroxylation is 3. The molecule has 0 amide bonds. The molecule has 0 spiro atoms. The zero-order valence-corrected chi connectivity index (χ0v) is 23.4. The summed E-state index contributed by atoms with van der Waals surface area (Å²) in [6.45, 7) is 8.04. The van der Waals surface area contributed by atoms with Crippen molar-refractivity contribution in [3.63, 3.8) is 0 Å². The Morgan fingerprint density at radius 1 is 1.00 bits per heavy atom. The molecule has 2 aromatic heterocycles. The fraction of sp³-hybridized carbons (Fsp3) is 0.172. The molecular formula is C29H25NNaO3S. The van der Waals surface area contributed by atoms with Crippen LogP contribution in [0.1, 0.15) is 45.6 Å². The van der Waals surface area contributed by atoms with E-state index >= 15 is 0 Å². The Balaban J connectivity index is 0.00000289. The summed E-state index contributed by atoms with van der Waals surface area (Å²) >= 11 is 1.64. The zero-order valence-electron chi connectivity index (χ0n) is 20.5. The molecule has 4 nitrogen and oxygen atoms in total. The largest absolute Gasteiger partial charge is 0.485 e. The molecule has 0 fully saturated rings. The van der Waals surface area contributed by atoms with Gasteiger partial charge in [-0.15, -0.1) is 11.3 Å². The Morgan fingerprint density at radius 3 is 2.40 bits per heavy atom. The fourth-order valence-electron chi connectivity index (χ4n) is 4.34. The van der Waals surface area contributed by atoms with Gasteiger partial charge in [-0.1, -0.05) is 54.1 Å². The number of hydrogen-bond acceptors (Lipinski definition) is 4. The molecule has 0 aliphatic carbocycles. The van der Waals surface area contributed by atoms with Gasteiger partial charge in [-0.05, 0) is 68.0 Å². The second kappa shape index (κ2) is 10.1. The van der Waals surface area contributed by atoms with Crippen molar-refractivity contribution in [2.45, 2.75) is 33.8 Å². The van der Waals surface area contributed by atoms with E-state index in [0.717, 1.165) is 26.3 Å². The van der Waals surface area contributed by atoms with E-state index in [9.17, 15) is 9.90 Å². The molecule has 35 heavy (non-hydrogen) atoms. The van der Waals surface area contributed by atoms with Gasteiger partial charge in [-0.2, -0.15) is 0 Å². The predicted molar refractivity (Wildman–Crippen MR) is 145 cm³/mol. The molecule has 0 aliphatic heterocycles. The summed E-state index contributed by atoms with van der Waals surface area (Å²) in [5.74, 6) is -0.468. The van der Waals surface area contributed by atoms with Crippen LogP contribution in [0.4, 0.5) is 0 Å². The third-order valence-electron chi connectivity index (χ3n) is 6.28. The van der Waals surface area contributed by atoms with E-state index in [1.165, 1.54) is 10.9 Å². The third kappa shape index (κ3) is 4.74. The Kier molecular flexibility index (Phi) is 7.34. The number of ether oxygens (including phenoxy) is 1. The van der Waals surface area contributed by atoms with Crippen LogP contribution in [0, 0.1) is 20.8 Å². The van der Waals surface area contributed by atoms with E-state index in [-0.39, 0.29) is 41.2 Å². The predicted octanol–water partition coefficient (Wildman–Crippen LogP) is 7.50. The number of pyridine rings is 1. The van der Waals surface area contributed by atoms with Gasteiger partial charge < -0.3 is 9.84 Å². The second-order valence-corrected chi connectivity index (χ2v) is 9.74. The van der Waals surface area contributed by atoms with Gasteiger partial charge in [0.25, 0.3) is 0 Å². The van der Waals surface area contributed by atoms with Crippen LogP contribution in [0.15, 0.2) is 66.7 Å². The number of aromatic nitrogens is 1. The Bertz CT molecular complexity index is 1560. The molecule has 0 aliphatic rings. The Hall–Kier alpha value is -2.70. The summed E-state index contributed by atoms with van der Waals surface area (Å²) in [4.78, 5) is 18.4. The van der Waals surface area contributed by atoms with Gasteiger partial charge in [-0.3, -0.25) is 0 Å². The number of carboxylic acid groups (broad SMARTS) is 1. The van der Waals surface area contributed by atoms with Crippen LogP contribution in [0.2, 0.25) is 0 Å². The van der Waals surface area contributed by atoms with Crippen molar-refractivity contribution in [3.05, 3.63) is 94.5 Å². The van der Waals surface area contributed by atoms with Gasteiger partial charge in [0, 0.05) is 34.3 Å². The summed E-state index contributed by atoms with van der Waals surface area (Å²) in [6, 6.07) is 21.9. The average Bonchev–Trinajstić information content (AvgIpc) is 3.17. The van der Waals surface area contributed by atoms with Crippen molar-refractivity contribution < 1.29 is 14.6 Å². The van der Waals surface area contributed by atoms with Crippen molar-refractivity contribution in [1.29, 1.82) is 0 Å². The summed E-state index contributed by atoms with van der Waals surface area (Å²) in [7, 11) is 0. The number of nitrogens with zero attached hydrogens (tertiary/aromatic N) is 1. The summed E-state index contributed by atoms with van der Waals surface area (Å²) < 4.78 is 7.48. The first-order valence-corrected chi connectivity index (χ1v) is 12.0. The van der Waals surface area contributed by atoms with E-state index in [4.69, 9.17) is 9.72 Å². The van der Waals surface area contributed by atoms with Crippen molar-refractivity contribution in [2.24, 2.45) is 0 Å². The van der Waals surface area contributed by atoms with Crippen LogP contribution in [0.3, 0.4) is 0 Å². The maximum Gasteiger partial charge on any atom is 0.336 e. The molecule has 5 rings (SSSR count). The molecule has 0 saturated heterocycles. The number of aromatic carboxylic acids is 1. The van der Waals surface area contributed by atoms with Crippen LogP contribution in [-0.4, -0.2) is 45.6 Å². The smallest absolute Gasteiger partial charge is 0.336 e. The van der Waals surface area contributed by atoms with Gasteiger partial charge in [-0.25, -0.2) is 9.78 Å². The summed E-state index contributed by atoms with van der Waals surface area (Å²) in [6.07, 6.45) is -0.238. The van der Waals surface area contributed by atoms with Crippen LogP contribution in [-0.2, 0) is 0 Å². The third-order valence-corrected chi connectivity index (χ3v) is 7.58. The summed E-state index contributed by atoms with van der Waals surface area (Å²) in [5.41, 5.74) is 5.76. The quantitative estimate of drug-likeness (QED) is 0.259. The first-order valence-electron chi connectivity index (χ1n) is 11.2. The number of thiophene rings is 1. The van der Waals surface area contributed by atoms with Crippen molar-refractivity contribution in [2.75, 3.05) is 0 Å². The molecule has 1 N–H and O–H groups in total. The van der Waals surface area contributed by atoms with Gasteiger partial charge in [0.2, 0.25) is 0 Å². The molecule has 1 radical (unpaired) electrons. The second-order valence-electron chi connectivity index (χ2n) is 8.69. The number of benzene rings is 3. The first-order chi connectivity index (χ1) is 16.3. The molecule has 1 atom stereocenters. The topological polar surface area (TPSA) is 59.4 Å². The molecule has 2 heterocycles. The van der Waals surface area contributed by atoms with E-state index < -0.39 is 5.97 Å². The Morgan fingerprint density at radius 2 is 1.71 bits per heavy atom. The van der Waals surface area contributed by atoms with Crippen molar-refractivity contribution in [1.82, 2.24) is 4.98 Å². The molecule has 0 unspecified atom stereocenters. The zero-order chi connectivity index (χ0) is 24.0. The standard InChI is InChI=1S/C29H25NO3S.Na/c1-16-9-12-20(13-10-16)19(4)33-24-14-11-17(2)27-26(24)22(29(31)32)15-23(30-27)28-18(3)21-7-5-6-8-25(21)34-28;/h5-15,19H,1-4H3,(H,31,32);/t19-;/m0./s1. The number of fused-ring (bicyclic) bond motifs is 2. The number of rotatable bonds is 5. The first kappa shape index (κ1) is 25.4. The van der Waals surface area contributed by atoms with E-state index in [1.807, 2.05) is 69.3 Å². The molecular weight excluding hydrogens is 465 g/mol. The van der Waals surface area contributed by atoms with E-state index in [1.54, 1.807) is 17.4 Å². The average molecular weight is 491 g/mol. The number of carboxylic acids is 1. The van der Waals surface area contributed by atoms with Gasteiger partial charge in [0.1, 0.15) is 11.9 Å². The van der Waals surface area contributed by atoms with E-state index in [0.29, 0.717) is 22.3 Å². The van der Waals surface area contributed by atoms with Crippen molar-refractivity contribution in [3.8, 4) is 16.3 Å². The molecule has 6 heteroatoms. The van der Waals surface area contributed by atoms with Crippen LogP contribution < -0.4 is 4.74 Å². The number of hydrogen-bond donors (Lipinski definition) is 1. The minimum atomic E-state index is -0.995. The Labute approximate surface area is 230 Å². The maximum atomic E-state index is 12.4. The molecule has 5 aromatic rings. The fourth-order valence-corrected chi connectivity index (χ4v) is 5.51. The van der Waals surface area contributed by atoms with Crippen LogP contribution in [0.25, 0.3) is 31.6 Å². The van der Waals surface area contributed by atoms with Crippen molar-refractivity contribution >= 4 is 67.9 Å². The van der Waals surface area contributed by atoms with Crippen LogP contribution in [0.5, 0.6) is 5.75 Å². The van der Waals surface area contributed by atoms with E-state index in [2.05, 4.69) is 19.1 Å². The maximum absolute atomic E-state index is 12.4.